The van der Waals surface area contributed by atoms with Crippen LogP contribution in [0.2, 0.25) is 0 Å². The van der Waals surface area contributed by atoms with Crippen molar-refractivity contribution >= 4 is 17.7 Å². The number of nitriles is 1. The minimum absolute atomic E-state index is 0.366. The van der Waals surface area contributed by atoms with Gasteiger partial charge in [-0.05, 0) is 33.6 Å². The van der Waals surface area contributed by atoms with Crippen molar-refractivity contribution < 1.29 is 9.53 Å². The molecule has 0 rings (SSSR count). The Hall–Kier alpha value is -1.21. The van der Waals surface area contributed by atoms with Gasteiger partial charge in [-0.3, -0.25) is 0 Å². The molecule has 0 fully saturated rings. The highest BCUT2D eigenvalue weighted by Crippen LogP contribution is 2.09. The van der Waals surface area contributed by atoms with E-state index in [0.29, 0.717) is 18.7 Å². The molecule has 1 amide bonds. The van der Waals surface area contributed by atoms with Crippen molar-refractivity contribution in [1.82, 2.24) is 5.32 Å². The van der Waals surface area contributed by atoms with E-state index in [0.717, 1.165) is 5.57 Å². The molecule has 0 heterocycles. The molecule has 0 aliphatic rings. The number of halogens is 1. The monoisotopic (exact) mass is 258 g/mol. The van der Waals surface area contributed by atoms with Crippen molar-refractivity contribution in [3.8, 4) is 6.07 Å². The maximum absolute atomic E-state index is 11.4. The molecule has 0 unspecified atom stereocenters. The number of rotatable bonds is 5. The summed E-state index contributed by atoms with van der Waals surface area (Å²) >= 11 is 5.58. The summed E-state index contributed by atoms with van der Waals surface area (Å²) in [5.41, 5.74) is 0.280. The van der Waals surface area contributed by atoms with Gasteiger partial charge in [0.25, 0.3) is 0 Å². The molecule has 0 aliphatic carbocycles. The maximum atomic E-state index is 11.4. The molecule has 1 N–H and O–H groups in total. The number of alkyl carbamates (subject to hydrolysis) is 1. The predicted molar refractivity (Wildman–Crippen MR) is 67.9 cm³/mol. The van der Waals surface area contributed by atoms with Crippen LogP contribution in [-0.2, 0) is 4.74 Å². The first kappa shape index (κ1) is 15.8. The van der Waals surface area contributed by atoms with Crippen LogP contribution >= 0.6 is 11.6 Å². The molecule has 0 aromatic carbocycles. The van der Waals surface area contributed by atoms with Crippen LogP contribution in [-0.4, -0.2) is 23.6 Å². The molecule has 0 saturated carbocycles. The Kier molecular flexibility index (Phi) is 6.67. The number of carbonyl (C=O) groups excluding carboxylic acids is 1. The van der Waals surface area contributed by atoms with Crippen molar-refractivity contribution in [2.45, 2.75) is 45.3 Å². The third kappa shape index (κ3) is 8.58. The summed E-state index contributed by atoms with van der Waals surface area (Å²) in [6, 6.07) is 1.42. The molecule has 4 nitrogen and oxygen atoms in total. The number of alkyl halides is 1. The number of hydrogen-bond donors (Lipinski definition) is 1. The van der Waals surface area contributed by atoms with Crippen LogP contribution in [0.4, 0.5) is 4.79 Å². The Morgan fingerprint density at radius 2 is 2.18 bits per heavy atom. The maximum Gasteiger partial charge on any atom is 0.408 e. The first-order valence-electron chi connectivity index (χ1n) is 5.40. The zero-order valence-electron chi connectivity index (χ0n) is 10.5. The van der Waals surface area contributed by atoms with Gasteiger partial charge in [0.1, 0.15) is 11.6 Å². The van der Waals surface area contributed by atoms with E-state index in [1.807, 2.05) is 6.07 Å². The molecule has 0 spiro atoms. The molecule has 0 bridgehead atoms. The zero-order chi connectivity index (χ0) is 13.5. The van der Waals surface area contributed by atoms with Crippen molar-refractivity contribution in [1.29, 1.82) is 5.26 Å². The lowest BCUT2D eigenvalue weighted by Gasteiger charge is -2.21. The molecule has 0 aliphatic heterocycles. The molecule has 96 valence electrons. The molecule has 0 aromatic rings. The molecule has 1 atom stereocenters. The molecule has 17 heavy (non-hydrogen) atoms. The molecule has 0 saturated heterocycles. The van der Waals surface area contributed by atoms with E-state index in [1.165, 1.54) is 0 Å². The average molecular weight is 259 g/mol. The van der Waals surface area contributed by atoms with Crippen LogP contribution in [0.1, 0.15) is 33.6 Å². The van der Waals surface area contributed by atoms with Crippen LogP contribution < -0.4 is 5.32 Å². The van der Waals surface area contributed by atoms with Gasteiger partial charge in [-0.15, -0.1) is 11.6 Å². The van der Waals surface area contributed by atoms with Crippen LogP contribution in [0, 0.1) is 11.3 Å². The van der Waals surface area contributed by atoms with Crippen LogP contribution in [0.3, 0.4) is 0 Å². The van der Waals surface area contributed by atoms with Gasteiger partial charge in [0.05, 0.1) is 6.07 Å². The van der Waals surface area contributed by atoms with E-state index in [-0.39, 0.29) is 0 Å². The first-order valence-corrected chi connectivity index (χ1v) is 5.93. The fourth-order valence-corrected chi connectivity index (χ4v) is 1.17. The standard InChI is InChI=1S/C12H19ClN2O2/c1-9(7-13)5-6-10(8-14)15-11(16)17-12(2,3)4/h10H,1,5-7H2,2-4H3,(H,15,16)/t10-/m0/s1. The Morgan fingerprint density at radius 3 is 2.59 bits per heavy atom. The van der Waals surface area contributed by atoms with Crippen molar-refractivity contribution in [2.24, 2.45) is 0 Å². The third-order valence-electron chi connectivity index (χ3n) is 1.82. The van der Waals surface area contributed by atoms with Gasteiger partial charge in [-0.25, -0.2) is 4.79 Å². The number of hydrogen-bond acceptors (Lipinski definition) is 3. The lowest BCUT2D eigenvalue weighted by Crippen LogP contribution is -2.38. The number of nitrogens with one attached hydrogen (secondary N) is 1. The lowest BCUT2D eigenvalue weighted by molar-refractivity contribution is 0.0514. The van der Waals surface area contributed by atoms with Gasteiger partial charge >= 0.3 is 6.09 Å². The van der Waals surface area contributed by atoms with Gasteiger partial charge in [0.15, 0.2) is 0 Å². The van der Waals surface area contributed by atoms with Crippen LogP contribution in [0.5, 0.6) is 0 Å². The van der Waals surface area contributed by atoms with E-state index in [9.17, 15) is 4.79 Å². The summed E-state index contributed by atoms with van der Waals surface area (Å²) in [5.74, 6) is 0.366. The second kappa shape index (κ2) is 7.18. The Bertz CT molecular complexity index is 315. The lowest BCUT2D eigenvalue weighted by atomic mass is 10.1. The average Bonchev–Trinajstić information content (AvgIpc) is 2.20. The largest absolute Gasteiger partial charge is 0.444 e. The summed E-state index contributed by atoms with van der Waals surface area (Å²) in [6.45, 7) is 9.03. The van der Waals surface area contributed by atoms with Gasteiger partial charge in [0, 0.05) is 5.88 Å². The van der Waals surface area contributed by atoms with E-state index >= 15 is 0 Å². The van der Waals surface area contributed by atoms with Crippen molar-refractivity contribution in [3.63, 3.8) is 0 Å². The molecule has 0 aromatic heterocycles. The summed E-state index contributed by atoms with van der Waals surface area (Å²) in [4.78, 5) is 11.4. The first-order chi connectivity index (χ1) is 7.78. The molecule has 0 radical (unpaired) electrons. The van der Waals surface area contributed by atoms with E-state index < -0.39 is 17.7 Å². The fraction of sp³-hybridized carbons (Fsp3) is 0.667. The van der Waals surface area contributed by atoms with Crippen molar-refractivity contribution in [3.05, 3.63) is 12.2 Å². The third-order valence-corrected chi connectivity index (χ3v) is 2.20. The number of allylic oxidation sites excluding steroid dienone is 1. The van der Waals surface area contributed by atoms with Gasteiger partial charge in [-0.1, -0.05) is 12.2 Å². The highest BCUT2D eigenvalue weighted by molar-refractivity contribution is 6.19. The van der Waals surface area contributed by atoms with Crippen LogP contribution in [0.15, 0.2) is 12.2 Å². The molecular formula is C12H19ClN2O2. The summed E-state index contributed by atoms with van der Waals surface area (Å²) in [7, 11) is 0. The second-order valence-electron chi connectivity index (χ2n) is 4.75. The predicted octanol–water partition coefficient (Wildman–Crippen LogP) is 2.98. The smallest absolute Gasteiger partial charge is 0.408 e. The molecular weight excluding hydrogens is 240 g/mol. The summed E-state index contributed by atoms with van der Waals surface area (Å²) in [5, 5.41) is 11.4. The Labute approximate surface area is 108 Å². The number of carbonyl (C=O) groups is 1. The SMILES string of the molecule is C=C(CCl)CC[C@@H](C#N)NC(=O)OC(C)(C)C. The van der Waals surface area contributed by atoms with Crippen LogP contribution in [0.25, 0.3) is 0 Å². The second-order valence-corrected chi connectivity index (χ2v) is 5.02. The highest BCUT2D eigenvalue weighted by Gasteiger charge is 2.19. The number of nitrogens with zero attached hydrogens (tertiary/aromatic N) is 1. The van der Waals surface area contributed by atoms with Gasteiger partial charge in [-0.2, -0.15) is 5.26 Å². The Morgan fingerprint density at radius 1 is 1.59 bits per heavy atom. The summed E-state index contributed by atoms with van der Waals surface area (Å²) in [6.07, 6.45) is 0.513. The van der Waals surface area contributed by atoms with Crippen molar-refractivity contribution in [2.75, 3.05) is 5.88 Å². The highest BCUT2D eigenvalue weighted by atomic mass is 35.5. The number of amides is 1. The normalized spacial score (nSPS) is 12.4. The zero-order valence-corrected chi connectivity index (χ0v) is 11.3. The minimum atomic E-state index is -0.583. The fourth-order valence-electron chi connectivity index (χ4n) is 1.03. The topological polar surface area (TPSA) is 62.1 Å². The van der Waals surface area contributed by atoms with Gasteiger partial charge in [0.2, 0.25) is 0 Å². The van der Waals surface area contributed by atoms with E-state index in [1.54, 1.807) is 20.8 Å². The Balaban J connectivity index is 4.10. The van der Waals surface area contributed by atoms with E-state index in [2.05, 4.69) is 11.9 Å². The number of ether oxygens (including phenoxy) is 1. The summed E-state index contributed by atoms with van der Waals surface area (Å²) < 4.78 is 5.05. The molecule has 5 heteroatoms. The van der Waals surface area contributed by atoms with Gasteiger partial charge < -0.3 is 10.1 Å². The van der Waals surface area contributed by atoms with E-state index in [4.69, 9.17) is 21.6 Å². The minimum Gasteiger partial charge on any atom is -0.444 e. The quantitative estimate of drug-likeness (QED) is 0.609.